The summed E-state index contributed by atoms with van der Waals surface area (Å²) in [5.74, 6) is -0.296. The number of nitrogens with one attached hydrogen (secondary N) is 1. The molecule has 1 N–H and O–H groups in total. The molecule has 0 saturated heterocycles. The molecule has 0 radical (unpaired) electrons. The van der Waals surface area contributed by atoms with Crippen molar-refractivity contribution in [3.05, 3.63) is 68.7 Å². The van der Waals surface area contributed by atoms with E-state index in [2.05, 4.69) is 5.32 Å². The van der Waals surface area contributed by atoms with Gasteiger partial charge in [-0.05, 0) is 48.2 Å². The van der Waals surface area contributed by atoms with Gasteiger partial charge in [0, 0.05) is 18.1 Å². The Kier molecular flexibility index (Phi) is 9.28. The van der Waals surface area contributed by atoms with E-state index in [1.54, 1.807) is 29.2 Å². The summed E-state index contributed by atoms with van der Waals surface area (Å²) in [6, 6.07) is 11.8. The molecule has 0 spiro atoms. The molecule has 4 nitrogen and oxygen atoms in total. The Bertz CT molecular complexity index is 840. The number of carbonyl (C=O) groups excluding carboxylic acids is 2. The fraction of sp³-hybridized carbons (Fsp3) is 0.364. The Hall–Kier alpha value is -1.75. The summed E-state index contributed by atoms with van der Waals surface area (Å²) in [5, 5.41) is 4.37. The second-order valence-electron chi connectivity index (χ2n) is 6.79. The molecule has 2 aromatic carbocycles. The molecular weight excluding hydrogens is 431 g/mol. The van der Waals surface area contributed by atoms with Gasteiger partial charge in [0.15, 0.2) is 0 Å². The van der Waals surface area contributed by atoms with Crippen molar-refractivity contribution in [2.45, 2.75) is 45.7 Å². The number of hydrogen-bond acceptors (Lipinski definition) is 2. The van der Waals surface area contributed by atoms with E-state index in [0.717, 1.165) is 17.5 Å². The van der Waals surface area contributed by atoms with E-state index in [0.29, 0.717) is 28.0 Å². The molecule has 29 heavy (non-hydrogen) atoms. The van der Waals surface area contributed by atoms with Gasteiger partial charge in [-0.3, -0.25) is 9.59 Å². The molecule has 0 saturated carbocycles. The second-order valence-corrected chi connectivity index (χ2v) is 8.04. The smallest absolute Gasteiger partial charge is 0.242 e. The normalized spacial score (nSPS) is 11.8. The van der Waals surface area contributed by atoms with Crippen LogP contribution in [0, 0.1) is 0 Å². The minimum Gasteiger partial charge on any atom is -0.354 e. The molecule has 2 rings (SSSR count). The second kappa shape index (κ2) is 11.4. The molecular formula is C22H25Cl3N2O2. The lowest BCUT2D eigenvalue weighted by Gasteiger charge is -2.31. The lowest BCUT2D eigenvalue weighted by atomic mass is 10.1. The van der Waals surface area contributed by atoms with E-state index in [9.17, 15) is 9.59 Å². The fourth-order valence-electron chi connectivity index (χ4n) is 3.00. The molecule has 0 heterocycles. The van der Waals surface area contributed by atoms with Gasteiger partial charge < -0.3 is 10.2 Å². The van der Waals surface area contributed by atoms with Crippen LogP contribution >= 0.6 is 34.8 Å². The standard InChI is InChI=1S/C22H25Cl3N2O2/c1-3-11-26-22(29)20(4-2)27(14-16-7-10-18(24)19(25)12-16)21(28)13-15-5-8-17(23)9-6-15/h5-10,12,20H,3-4,11,13-14H2,1-2H3,(H,26,29)/t20-/m0/s1. The SMILES string of the molecule is CCCNC(=O)[C@H](CC)N(Cc1ccc(Cl)c(Cl)c1)C(=O)Cc1ccc(Cl)cc1. The van der Waals surface area contributed by atoms with E-state index < -0.39 is 6.04 Å². The van der Waals surface area contributed by atoms with Gasteiger partial charge in [0.25, 0.3) is 0 Å². The van der Waals surface area contributed by atoms with Crippen molar-refractivity contribution in [1.82, 2.24) is 10.2 Å². The number of amides is 2. The van der Waals surface area contributed by atoms with Crippen molar-refractivity contribution in [2.75, 3.05) is 6.54 Å². The lowest BCUT2D eigenvalue weighted by Crippen LogP contribution is -2.49. The van der Waals surface area contributed by atoms with Crippen LogP contribution in [0.15, 0.2) is 42.5 Å². The van der Waals surface area contributed by atoms with E-state index in [1.807, 2.05) is 32.0 Å². The molecule has 2 amide bonds. The highest BCUT2D eigenvalue weighted by atomic mass is 35.5. The van der Waals surface area contributed by atoms with Crippen molar-refractivity contribution in [3.63, 3.8) is 0 Å². The van der Waals surface area contributed by atoms with Crippen LogP contribution in [-0.2, 0) is 22.6 Å². The van der Waals surface area contributed by atoms with Gasteiger partial charge in [-0.1, -0.05) is 66.8 Å². The highest BCUT2D eigenvalue weighted by Gasteiger charge is 2.28. The lowest BCUT2D eigenvalue weighted by molar-refractivity contribution is -0.140. The van der Waals surface area contributed by atoms with Crippen molar-refractivity contribution >= 4 is 46.6 Å². The summed E-state index contributed by atoms with van der Waals surface area (Å²) in [6.07, 6.45) is 1.51. The molecule has 0 unspecified atom stereocenters. The van der Waals surface area contributed by atoms with Gasteiger partial charge in [0.1, 0.15) is 6.04 Å². The van der Waals surface area contributed by atoms with Gasteiger partial charge in [0.05, 0.1) is 16.5 Å². The van der Waals surface area contributed by atoms with Crippen LogP contribution in [0.3, 0.4) is 0 Å². The van der Waals surface area contributed by atoms with Gasteiger partial charge in [0.2, 0.25) is 11.8 Å². The van der Waals surface area contributed by atoms with E-state index >= 15 is 0 Å². The Morgan fingerprint density at radius 2 is 1.62 bits per heavy atom. The van der Waals surface area contributed by atoms with Crippen LogP contribution in [0.2, 0.25) is 15.1 Å². The molecule has 1 atom stereocenters. The highest BCUT2D eigenvalue weighted by Crippen LogP contribution is 2.24. The molecule has 0 aliphatic carbocycles. The summed E-state index contributed by atoms with van der Waals surface area (Å²) in [5.41, 5.74) is 1.65. The molecule has 0 aromatic heterocycles. The number of rotatable bonds is 9. The third-order valence-corrected chi connectivity index (χ3v) is 5.53. The number of benzene rings is 2. The van der Waals surface area contributed by atoms with E-state index in [-0.39, 0.29) is 24.8 Å². The monoisotopic (exact) mass is 454 g/mol. The Morgan fingerprint density at radius 3 is 2.21 bits per heavy atom. The van der Waals surface area contributed by atoms with Crippen molar-refractivity contribution in [3.8, 4) is 0 Å². The molecule has 0 aliphatic heterocycles. The highest BCUT2D eigenvalue weighted by molar-refractivity contribution is 6.42. The van der Waals surface area contributed by atoms with Crippen LogP contribution in [0.1, 0.15) is 37.8 Å². The predicted octanol–water partition coefficient (Wildman–Crippen LogP) is 5.52. The summed E-state index contributed by atoms with van der Waals surface area (Å²) in [7, 11) is 0. The van der Waals surface area contributed by atoms with Gasteiger partial charge in [-0.15, -0.1) is 0 Å². The van der Waals surface area contributed by atoms with Crippen molar-refractivity contribution in [2.24, 2.45) is 0 Å². The Balaban J connectivity index is 2.28. The zero-order valence-corrected chi connectivity index (χ0v) is 18.8. The number of nitrogens with zero attached hydrogens (tertiary/aromatic N) is 1. The molecule has 7 heteroatoms. The first-order chi connectivity index (χ1) is 13.8. The first kappa shape index (κ1) is 23.5. The quantitative estimate of drug-likeness (QED) is 0.541. The minimum absolute atomic E-state index is 0.142. The summed E-state index contributed by atoms with van der Waals surface area (Å²) < 4.78 is 0. The average molecular weight is 456 g/mol. The first-order valence-electron chi connectivity index (χ1n) is 9.61. The average Bonchev–Trinajstić information content (AvgIpc) is 2.70. The van der Waals surface area contributed by atoms with Gasteiger partial charge in [-0.25, -0.2) is 0 Å². The van der Waals surface area contributed by atoms with Gasteiger partial charge in [-0.2, -0.15) is 0 Å². The summed E-state index contributed by atoms with van der Waals surface area (Å²) >= 11 is 18.1. The maximum absolute atomic E-state index is 13.2. The van der Waals surface area contributed by atoms with Crippen LogP contribution < -0.4 is 5.32 Å². The molecule has 0 aliphatic rings. The van der Waals surface area contributed by atoms with Crippen LogP contribution in [-0.4, -0.2) is 29.3 Å². The third-order valence-electron chi connectivity index (χ3n) is 4.54. The molecule has 0 bridgehead atoms. The van der Waals surface area contributed by atoms with Crippen LogP contribution in [0.5, 0.6) is 0 Å². The Morgan fingerprint density at radius 1 is 0.966 bits per heavy atom. The molecule has 2 aromatic rings. The number of halogens is 3. The maximum atomic E-state index is 13.2. The van der Waals surface area contributed by atoms with Crippen LogP contribution in [0.25, 0.3) is 0 Å². The zero-order chi connectivity index (χ0) is 21.4. The maximum Gasteiger partial charge on any atom is 0.242 e. The Labute approximate surface area is 187 Å². The largest absolute Gasteiger partial charge is 0.354 e. The first-order valence-corrected chi connectivity index (χ1v) is 10.7. The zero-order valence-electron chi connectivity index (χ0n) is 16.6. The topological polar surface area (TPSA) is 49.4 Å². The summed E-state index contributed by atoms with van der Waals surface area (Å²) in [4.78, 5) is 27.5. The van der Waals surface area contributed by atoms with Gasteiger partial charge >= 0.3 is 0 Å². The minimum atomic E-state index is -0.573. The number of hydrogen-bond donors (Lipinski definition) is 1. The van der Waals surface area contributed by atoms with Crippen LogP contribution in [0.4, 0.5) is 0 Å². The molecule has 156 valence electrons. The number of carbonyl (C=O) groups is 2. The van der Waals surface area contributed by atoms with E-state index in [1.165, 1.54) is 0 Å². The summed E-state index contributed by atoms with van der Waals surface area (Å²) in [6.45, 7) is 4.72. The van der Waals surface area contributed by atoms with Crippen molar-refractivity contribution < 1.29 is 9.59 Å². The fourth-order valence-corrected chi connectivity index (χ4v) is 3.45. The van der Waals surface area contributed by atoms with Crippen molar-refractivity contribution in [1.29, 1.82) is 0 Å². The van der Waals surface area contributed by atoms with E-state index in [4.69, 9.17) is 34.8 Å². The predicted molar refractivity (Wildman–Crippen MR) is 120 cm³/mol. The molecule has 0 fully saturated rings. The third kappa shape index (κ3) is 6.91.